The van der Waals surface area contributed by atoms with Crippen molar-refractivity contribution in [1.29, 1.82) is 0 Å². The van der Waals surface area contributed by atoms with Crippen LogP contribution in [0.25, 0.3) is 22.6 Å². The lowest BCUT2D eigenvalue weighted by Crippen LogP contribution is -2.19. The zero-order chi connectivity index (χ0) is 17.5. The fraction of sp³-hybridized carbons (Fsp3) is 0.154. The number of methoxy groups -OCH3 is 1. The van der Waals surface area contributed by atoms with Gasteiger partial charge in [-0.3, -0.25) is 0 Å². The van der Waals surface area contributed by atoms with Crippen molar-refractivity contribution < 1.29 is 13.2 Å². The molecule has 0 unspecified atom stereocenters. The molecule has 126 valence electrons. The molecule has 3 aromatic rings. The van der Waals surface area contributed by atoms with E-state index >= 15 is 0 Å². The Labute approximate surface area is 147 Å². The number of H-pyrrole nitrogens is 1. The van der Waals surface area contributed by atoms with Crippen LogP contribution in [0.1, 0.15) is 0 Å². The van der Waals surface area contributed by atoms with Crippen LogP contribution in [0.5, 0.6) is 5.75 Å². The lowest BCUT2D eigenvalue weighted by atomic mass is 10.2. The number of rotatable bonds is 4. The van der Waals surface area contributed by atoms with Crippen molar-refractivity contribution in [1.82, 2.24) is 24.7 Å². The van der Waals surface area contributed by atoms with Crippen LogP contribution in [-0.2, 0) is 10.0 Å². The van der Waals surface area contributed by atoms with Crippen LogP contribution < -0.4 is 9.46 Å². The predicted octanol–water partition coefficient (Wildman–Crippen LogP) is 2.24. The van der Waals surface area contributed by atoms with Gasteiger partial charge in [0.15, 0.2) is 10.8 Å². The molecule has 11 heteroatoms. The van der Waals surface area contributed by atoms with Crippen molar-refractivity contribution in [2.45, 2.75) is 4.90 Å². The van der Waals surface area contributed by atoms with Crippen molar-refractivity contribution in [3.8, 4) is 17.1 Å². The van der Waals surface area contributed by atoms with Crippen molar-refractivity contribution in [2.24, 2.45) is 0 Å². The minimum Gasteiger partial charge on any atom is -0.496 e. The highest BCUT2D eigenvalue weighted by atomic mass is 35.5. The number of imidazole rings is 1. The second kappa shape index (κ2) is 6.17. The molecule has 1 aromatic carbocycles. The number of fused-ring (bicyclic) bond motifs is 1. The highest BCUT2D eigenvalue weighted by molar-refractivity contribution is 7.89. The van der Waals surface area contributed by atoms with Crippen LogP contribution >= 0.6 is 23.2 Å². The third kappa shape index (κ3) is 2.80. The number of halogens is 2. The Bertz CT molecular complexity index is 1040. The number of aromatic nitrogens is 4. The SMILES string of the molecule is CNS(=O)(=O)c1cc(-c2nc3ncnc(Cl)c3[nH]2)c(OC)cc1Cl. The molecule has 0 aliphatic carbocycles. The fourth-order valence-corrected chi connectivity index (χ4v) is 3.57. The first-order valence-electron chi connectivity index (χ1n) is 6.55. The quantitative estimate of drug-likeness (QED) is 0.664. The number of nitrogens with zero attached hydrogens (tertiary/aromatic N) is 3. The van der Waals surface area contributed by atoms with E-state index in [-0.39, 0.29) is 15.1 Å². The van der Waals surface area contributed by atoms with E-state index < -0.39 is 10.0 Å². The molecule has 24 heavy (non-hydrogen) atoms. The first kappa shape index (κ1) is 16.9. The molecule has 2 heterocycles. The van der Waals surface area contributed by atoms with Gasteiger partial charge in [-0.25, -0.2) is 28.1 Å². The summed E-state index contributed by atoms with van der Waals surface area (Å²) in [4.78, 5) is 15.0. The van der Waals surface area contributed by atoms with Crippen molar-refractivity contribution >= 4 is 44.4 Å². The van der Waals surface area contributed by atoms with Crippen LogP contribution in [-0.4, -0.2) is 42.5 Å². The maximum atomic E-state index is 12.1. The second-order valence-electron chi connectivity index (χ2n) is 4.64. The summed E-state index contributed by atoms with van der Waals surface area (Å²) in [7, 11) is -1.02. The number of sulfonamides is 1. The fourth-order valence-electron chi connectivity index (χ4n) is 2.13. The largest absolute Gasteiger partial charge is 0.496 e. The minimum atomic E-state index is -3.76. The highest BCUT2D eigenvalue weighted by Gasteiger charge is 2.22. The van der Waals surface area contributed by atoms with Gasteiger partial charge in [-0.05, 0) is 13.1 Å². The molecule has 3 rings (SSSR count). The van der Waals surface area contributed by atoms with Gasteiger partial charge in [-0.2, -0.15) is 0 Å². The van der Waals surface area contributed by atoms with Gasteiger partial charge < -0.3 is 9.72 Å². The smallest absolute Gasteiger partial charge is 0.241 e. The highest BCUT2D eigenvalue weighted by Crippen LogP contribution is 2.36. The molecule has 2 aromatic heterocycles. The zero-order valence-electron chi connectivity index (χ0n) is 12.5. The van der Waals surface area contributed by atoms with Gasteiger partial charge in [-0.15, -0.1) is 0 Å². The molecule has 2 N–H and O–H groups in total. The molecular weight excluding hydrogens is 377 g/mol. The Hall–Kier alpha value is -1.94. The van der Waals surface area contributed by atoms with E-state index in [1.807, 2.05) is 0 Å². The average molecular weight is 388 g/mol. The molecule has 0 aliphatic heterocycles. The Kier molecular flexibility index (Phi) is 4.35. The van der Waals surface area contributed by atoms with E-state index in [0.717, 1.165) is 0 Å². The van der Waals surface area contributed by atoms with E-state index in [4.69, 9.17) is 27.9 Å². The zero-order valence-corrected chi connectivity index (χ0v) is 14.8. The minimum absolute atomic E-state index is 0.0267. The number of benzene rings is 1. The van der Waals surface area contributed by atoms with Crippen LogP contribution in [0.2, 0.25) is 10.2 Å². The van der Waals surface area contributed by atoms with E-state index in [9.17, 15) is 8.42 Å². The first-order chi connectivity index (χ1) is 11.4. The number of aromatic amines is 1. The van der Waals surface area contributed by atoms with Crippen LogP contribution in [0.4, 0.5) is 0 Å². The molecule has 0 fully saturated rings. The summed E-state index contributed by atoms with van der Waals surface area (Å²) in [5.74, 6) is 0.673. The summed E-state index contributed by atoms with van der Waals surface area (Å²) in [6.45, 7) is 0. The van der Waals surface area contributed by atoms with Crippen molar-refractivity contribution in [3.63, 3.8) is 0 Å². The molecule has 0 spiro atoms. The Balaban J connectivity index is 2.29. The third-order valence-electron chi connectivity index (χ3n) is 3.31. The third-order valence-corrected chi connectivity index (χ3v) is 5.48. The van der Waals surface area contributed by atoms with Gasteiger partial charge in [0.2, 0.25) is 10.0 Å². The number of hydrogen-bond donors (Lipinski definition) is 2. The van der Waals surface area contributed by atoms with Crippen LogP contribution in [0.15, 0.2) is 23.4 Å². The van der Waals surface area contributed by atoms with Crippen molar-refractivity contribution in [3.05, 3.63) is 28.6 Å². The molecule has 0 radical (unpaired) electrons. The normalized spacial score (nSPS) is 11.8. The maximum Gasteiger partial charge on any atom is 0.241 e. The van der Waals surface area contributed by atoms with E-state index in [0.29, 0.717) is 28.3 Å². The monoisotopic (exact) mass is 387 g/mol. The molecule has 0 bridgehead atoms. The van der Waals surface area contributed by atoms with Gasteiger partial charge in [-0.1, -0.05) is 23.2 Å². The lowest BCUT2D eigenvalue weighted by Gasteiger charge is -2.11. The number of nitrogens with one attached hydrogen (secondary N) is 2. The topological polar surface area (TPSA) is 110 Å². The molecule has 0 saturated carbocycles. The van der Waals surface area contributed by atoms with Gasteiger partial charge in [0.1, 0.15) is 28.3 Å². The van der Waals surface area contributed by atoms with Gasteiger partial charge in [0.05, 0.1) is 17.7 Å². The summed E-state index contributed by atoms with van der Waals surface area (Å²) in [5, 5.41) is 0.230. The maximum absolute atomic E-state index is 12.1. The summed E-state index contributed by atoms with van der Waals surface area (Å²) in [5.41, 5.74) is 1.18. The van der Waals surface area contributed by atoms with Gasteiger partial charge in [0, 0.05) is 6.07 Å². The predicted molar refractivity (Wildman–Crippen MR) is 89.9 cm³/mol. The van der Waals surface area contributed by atoms with Crippen LogP contribution in [0, 0.1) is 0 Å². The molecule has 0 amide bonds. The number of ether oxygens (including phenoxy) is 1. The first-order valence-corrected chi connectivity index (χ1v) is 8.79. The Morgan fingerprint density at radius 2 is 2.00 bits per heavy atom. The molecule has 8 nitrogen and oxygen atoms in total. The molecule has 0 atom stereocenters. The number of hydrogen-bond acceptors (Lipinski definition) is 6. The molecule has 0 aliphatic rings. The molecular formula is C13H11Cl2N5O3S. The Morgan fingerprint density at radius 1 is 1.25 bits per heavy atom. The molecule has 0 saturated heterocycles. The summed E-state index contributed by atoms with van der Waals surface area (Å²) in [6.07, 6.45) is 1.28. The summed E-state index contributed by atoms with van der Waals surface area (Å²) >= 11 is 12.1. The summed E-state index contributed by atoms with van der Waals surface area (Å²) in [6, 6.07) is 2.77. The van der Waals surface area contributed by atoms with Crippen LogP contribution in [0.3, 0.4) is 0 Å². The van der Waals surface area contributed by atoms with E-state index in [1.54, 1.807) is 0 Å². The summed E-state index contributed by atoms with van der Waals surface area (Å²) < 4.78 is 31.7. The van der Waals surface area contributed by atoms with Crippen molar-refractivity contribution in [2.75, 3.05) is 14.2 Å². The lowest BCUT2D eigenvalue weighted by molar-refractivity contribution is 0.416. The second-order valence-corrected chi connectivity index (χ2v) is 7.26. The van der Waals surface area contributed by atoms with E-state index in [1.165, 1.54) is 32.6 Å². The van der Waals surface area contributed by atoms with Gasteiger partial charge in [0.25, 0.3) is 0 Å². The standard InChI is InChI=1S/C13H11Cl2N5O3S/c1-16-24(21,22)9-3-6(8(23-2)4-7(9)14)12-19-10-11(15)17-5-18-13(10)20-12/h3-5,16H,1-2H3,(H,17,18,19,20). The van der Waals surface area contributed by atoms with E-state index in [2.05, 4.69) is 24.7 Å². The Morgan fingerprint density at radius 3 is 2.62 bits per heavy atom. The van der Waals surface area contributed by atoms with Gasteiger partial charge >= 0.3 is 0 Å². The average Bonchev–Trinajstić information content (AvgIpc) is 2.99.